The monoisotopic (exact) mass is 825 g/mol. The number of amides is 3. The molecule has 55 heavy (non-hydrogen) atoms. The number of alkyl carbamates (subject to hydrolysis) is 1. The second-order valence-corrected chi connectivity index (χ2v) is 19.5. The molecule has 3 aliphatic heterocycles. The van der Waals surface area contributed by atoms with Gasteiger partial charge in [0, 0.05) is 44.7 Å². The molecule has 3 amide bonds. The van der Waals surface area contributed by atoms with E-state index in [1.807, 2.05) is 33.1 Å². The van der Waals surface area contributed by atoms with Crippen molar-refractivity contribution in [3.63, 3.8) is 0 Å². The molecule has 0 radical (unpaired) electrons. The average Bonchev–Trinajstić information content (AvgIpc) is 3.82. The molecule has 0 saturated carbocycles. The van der Waals surface area contributed by atoms with Gasteiger partial charge in [-0.05, 0) is 57.6 Å². The number of ether oxygens (including phenoxy) is 5. The van der Waals surface area contributed by atoms with Crippen LogP contribution in [0.5, 0.6) is 5.75 Å². The molecule has 306 valence electrons. The van der Waals surface area contributed by atoms with E-state index in [-0.39, 0.29) is 44.4 Å². The lowest BCUT2D eigenvalue weighted by Crippen LogP contribution is -2.63. The minimum atomic E-state index is -1.83. The second-order valence-electron chi connectivity index (χ2n) is 15.6. The van der Waals surface area contributed by atoms with Gasteiger partial charge in [0.1, 0.15) is 40.7 Å². The fourth-order valence-corrected chi connectivity index (χ4v) is 7.90. The van der Waals surface area contributed by atoms with Gasteiger partial charge in [0.2, 0.25) is 11.8 Å². The Labute approximate surface area is 336 Å². The molecule has 13 nitrogen and oxygen atoms in total. The molecule has 3 aliphatic rings. The maximum atomic E-state index is 14.2. The number of nitrogens with zero attached hydrogens (tertiary/aromatic N) is 2. The van der Waals surface area contributed by atoms with Crippen LogP contribution in [0.3, 0.4) is 0 Å². The molecule has 4 bridgehead atoms. The number of hydrogen-bond acceptors (Lipinski definition) is 11. The Hall–Kier alpha value is -3.08. The first-order valence-corrected chi connectivity index (χ1v) is 21.2. The van der Waals surface area contributed by atoms with E-state index in [9.17, 15) is 24.3 Å². The van der Waals surface area contributed by atoms with E-state index in [2.05, 4.69) is 5.32 Å². The number of rotatable bonds is 9. The highest BCUT2D eigenvalue weighted by Crippen LogP contribution is 2.49. The summed E-state index contributed by atoms with van der Waals surface area (Å²) in [6, 6.07) is 2.60. The van der Waals surface area contributed by atoms with Crippen LogP contribution >= 0.6 is 11.6 Å². The predicted molar refractivity (Wildman–Crippen MR) is 215 cm³/mol. The van der Waals surface area contributed by atoms with Gasteiger partial charge in [-0.3, -0.25) is 14.9 Å². The van der Waals surface area contributed by atoms with Crippen LogP contribution in [0.15, 0.2) is 35.9 Å². The first-order valence-electron chi connectivity index (χ1n) is 18.3. The number of nitrogens with one attached hydrogen (secondary N) is 1. The summed E-state index contributed by atoms with van der Waals surface area (Å²) in [7, 11) is 5.71. The van der Waals surface area contributed by atoms with Gasteiger partial charge in [0.05, 0.1) is 25.3 Å². The van der Waals surface area contributed by atoms with Crippen molar-refractivity contribution in [1.29, 1.82) is 0 Å². The second kappa shape index (κ2) is 17.6. The number of benzene rings is 1. The number of aliphatic hydroxyl groups is 1. The van der Waals surface area contributed by atoms with Gasteiger partial charge < -0.3 is 38.6 Å². The summed E-state index contributed by atoms with van der Waals surface area (Å²) in [6.07, 6.45) is 3.63. The molecule has 3 heterocycles. The average molecular weight is 826 g/mol. The molecule has 2 N–H and O–H groups in total. The van der Waals surface area contributed by atoms with Gasteiger partial charge in [-0.25, -0.2) is 9.59 Å². The Morgan fingerprint density at radius 1 is 1.27 bits per heavy atom. The zero-order valence-electron chi connectivity index (χ0n) is 33.6. The Balaban J connectivity index is 1.72. The number of hydrogen-bond donors (Lipinski definition) is 2. The van der Waals surface area contributed by atoms with E-state index < -0.39 is 65.7 Å². The molecule has 8 unspecified atom stereocenters. The van der Waals surface area contributed by atoms with Gasteiger partial charge in [0.25, 0.3) is 0 Å². The van der Waals surface area contributed by atoms with Gasteiger partial charge in [0.15, 0.2) is 5.72 Å². The van der Waals surface area contributed by atoms with E-state index in [0.29, 0.717) is 24.3 Å². The SMILES string of the molecule is COc1cc2cc(c1Cl)N(C)C(=O)CC(OC(=O)[C@@H](C)N(C)C(=O)CCC(C)(C)S(C)=S)C1(C)OC1C(C)C1CC(O)(NC(=O)O1)C(OC)/C=C/C=C(\C)C2. The van der Waals surface area contributed by atoms with Crippen LogP contribution in [0.2, 0.25) is 5.02 Å². The summed E-state index contributed by atoms with van der Waals surface area (Å²) in [6.45, 7) is 11.1. The van der Waals surface area contributed by atoms with E-state index in [1.54, 1.807) is 59.2 Å². The zero-order chi connectivity index (χ0) is 41.2. The summed E-state index contributed by atoms with van der Waals surface area (Å²) in [4.78, 5) is 56.9. The lowest BCUT2D eigenvalue weighted by atomic mass is 9.83. The van der Waals surface area contributed by atoms with Crippen molar-refractivity contribution < 1.29 is 48.0 Å². The smallest absolute Gasteiger partial charge is 0.409 e. The van der Waals surface area contributed by atoms with Crippen LogP contribution in [0, 0.1) is 5.92 Å². The van der Waals surface area contributed by atoms with E-state index >= 15 is 0 Å². The molecule has 1 aromatic rings. The number of fused-ring (bicyclic) bond motifs is 5. The molecule has 9 atom stereocenters. The number of epoxide rings is 1. The van der Waals surface area contributed by atoms with Crippen molar-refractivity contribution in [2.75, 3.05) is 39.5 Å². The van der Waals surface area contributed by atoms with Crippen molar-refractivity contribution >= 4 is 61.8 Å². The van der Waals surface area contributed by atoms with Crippen molar-refractivity contribution in [2.45, 2.75) is 120 Å². The highest BCUT2D eigenvalue weighted by molar-refractivity contribution is 8.29. The van der Waals surface area contributed by atoms with Gasteiger partial charge >= 0.3 is 12.1 Å². The summed E-state index contributed by atoms with van der Waals surface area (Å²) >= 11 is 12.2. The number of allylic oxidation sites excluding steroid dienone is 3. The highest BCUT2D eigenvalue weighted by Gasteiger charge is 2.64. The molecule has 0 aromatic heterocycles. The minimum absolute atomic E-state index is 0.0524. The molecular weight excluding hydrogens is 770 g/mol. The van der Waals surface area contributed by atoms with Crippen LogP contribution in [0.1, 0.15) is 72.8 Å². The van der Waals surface area contributed by atoms with Crippen LogP contribution in [-0.2, 0) is 60.4 Å². The molecule has 0 aliphatic carbocycles. The number of anilines is 1. The van der Waals surface area contributed by atoms with E-state index in [0.717, 1.165) is 11.1 Å². The van der Waals surface area contributed by atoms with Crippen molar-refractivity contribution in [1.82, 2.24) is 10.2 Å². The first-order chi connectivity index (χ1) is 25.6. The Kier molecular flexibility index (Phi) is 14.3. The molecule has 2 fully saturated rings. The van der Waals surface area contributed by atoms with Gasteiger partial charge in [-0.1, -0.05) is 67.4 Å². The maximum Gasteiger partial charge on any atom is 0.409 e. The number of esters is 1. The third-order valence-corrected chi connectivity index (χ3v) is 14.7. The number of halogens is 1. The standard InChI is InChI=1S/C39H56ClN3O10S2/c1-22-13-12-14-29(50-10)39(48)21-28(51-36(47)41-39)23(2)34-38(6,53-34)30(20-32(45)43(8)26-18-25(17-22)19-27(49-9)33(26)40)52-35(46)24(3)42(7)31(44)15-16-37(4,5)55(11)54/h12-14,18-19,23-24,28-30,34,48H,15-17,20-21H2,1-11H3,(H,41,47)/b14-12+,22-13+/t23?,24-,28?,29?,30?,34?,38?,39?,55?/m1/s1. The van der Waals surface area contributed by atoms with Gasteiger partial charge in [-0.2, -0.15) is 0 Å². The summed E-state index contributed by atoms with van der Waals surface area (Å²) in [5.41, 5.74) is -0.926. The highest BCUT2D eigenvalue weighted by atomic mass is 35.5. The van der Waals surface area contributed by atoms with Crippen molar-refractivity contribution in [3.8, 4) is 5.75 Å². The molecule has 4 rings (SSSR count). The largest absolute Gasteiger partial charge is 0.495 e. The topological polar surface area (TPSA) is 156 Å². The lowest BCUT2D eigenvalue weighted by Gasteiger charge is -2.42. The van der Waals surface area contributed by atoms with Crippen LogP contribution in [0.25, 0.3) is 0 Å². The summed E-state index contributed by atoms with van der Waals surface area (Å²) in [5, 5.41) is 14.5. The molecule has 0 spiro atoms. The maximum absolute atomic E-state index is 14.2. The van der Waals surface area contributed by atoms with Crippen molar-refractivity contribution in [2.24, 2.45) is 5.92 Å². The van der Waals surface area contributed by atoms with Gasteiger partial charge in [-0.15, -0.1) is 9.45 Å². The number of carbonyl (C=O) groups is 4. The molecule has 16 heteroatoms. The number of carbonyl (C=O) groups excluding carboxylic acids is 4. The predicted octanol–water partition coefficient (Wildman–Crippen LogP) is 4.78. The summed E-state index contributed by atoms with van der Waals surface area (Å²) in [5.74, 6) is -1.56. The fourth-order valence-electron chi connectivity index (χ4n) is 6.95. The van der Waals surface area contributed by atoms with E-state index in [4.69, 9.17) is 46.5 Å². The third-order valence-electron chi connectivity index (χ3n) is 11.2. The van der Waals surface area contributed by atoms with Crippen LogP contribution in [0.4, 0.5) is 10.5 Å². The quantitative estimate of drug-likeness (QED) is 0.261. The number of methoxy groups -OCH3 is 2. The summed E-state index contributed by atoms with van der Waals surface area (Å²) < 4.78 is 29.1. The third kappa shape index (κ3) is 10.1. The van der Waals surface area contributed by atoms with Crippen molar-refractivity contribution in [3.05, 3.63) is 46.5 Å². The molecular formula is C39H56ClN3O10S2. The molecule has 1 aromatic carbocycles. The Bertz CT molecular complexity index is 1740. The fraction of sp³-hybridized carbons (Fsp3) is 0.641. The van der Waals surface area contributed by atoms with E-state index in [1.165, 1.54) is 24.0 Å². The normalized spacial score (nSPS) is 31.4. The van der Waals surface area contributed by atoms with Crippen LogP contribution < -0.4 is 15.0 Å². The molecule has 2 saturated heterocycles. The lowest BCUT2D eigenvalue weighted by molar-refractivity contribution is -0.162. The Morgan fingerprint density at radius 3 is 2.56 bits per heavy atom. The first kappa shape index (κ1) is 44.6. The Morgan fingerprint density at radius 2 is 1.95 bits per heavy atom. The minimum Gasteiger partial charge on any atom is -0.495 e. The zero-order valence-corrected chi connectivity index (χ0v) is 36.0. The van der Waals surface area contributed by atoms with Crippen LogP contribution in [-0.4, -0.2) is 115 Å². The number of likely N-dealkylation sites (N-methyl/N-ethyl adjacent to an activating group) is 1.